The predicted octanol–water partition coefficient (Wildman–Crippen LogP) is 1.66. The maximum Gasteiger partial charge on any atom is 0.0814 e. The maximum atomic E-state index is 5.93. The van der Waals surface area contributed by atoms with Crippen LogP contribution in [0.5, 0.6) is 0 Å². The molecule has 0 aromatic heterocycles. The summed E-state index contributed by atoms with van der Waals surface area (Å²) in [7, 11) is 0. The van der Waals surface area contributed by atoms with Crippen LogP contribution in [0.25, 0.3) is 0 Å². The minimum Gasteiger partial charge on any atom is -0.372 e. The van der Waals surface area contributed by atoms with E-state index in [4.69, 9.17) is 4.74 Å². The van der Waals surface area contributed by atoms with Crippen LogP contribution in [-0.2, 0) is 11.2 Å². The lowest BCUT2D eigenvalue weighted by atomic mass is 10.1. The summed E-state index contributed by atoms with van der Waals surface area (Å²) in [6, 6.07) is 9.08. The molecule has 1 aromatic carbocycles. The Kier molecular flexibility index (Phi) is 1.85. The van der Waals surface area contributed by atoms with Crippen LogP contribution in [0.3, 0.4) is 0 Å². The van der Waals surface area contributed by atoms with Crippen LogP contribution >= 0.6 is 0 Å². The van der Waals surface area contributed by atoms with Gasteiger partial charge in [0.25, 0.3) is 0 Å². The first-order valence-electron chi connectivity index (χ1n) is 5.31. The monoisotopic (exact) mass is 189 g/mol. The van der Waals surface area contributed by atoms with Crippen molar-refractivity contribution in [3.8, 4) is 0 Å². The number of ether oxygens (including phenoxy) is 1. The second kappa shape index (κ2) is 3.07. The standard InChI is InChI=1S/C12H15NO/c1-8-7-13-12-10-5-3-2-4-9(10)6-11(12)14-8/h2-5,8,11-13H,6-7H2,1H3. The number of fused-ring (bicyclic) bond motifs is 3. The molecule has 74 valence electrons. The number of nitrogens with one attached hydrogen (secondary N) is 1. The van der Waals surface area contributed by atoms with E-state index in [1.54, 1.807) is 0 Å². The first-order chi connectivity index (χ1) is 6.84. The maximum absolute atomic E-state index is 5.93. The summed E-state index contributed by atoms with van der Waals surface area (Å²) in [5.74, 6) is 0. The predicted molar refractivity (Wildman–Crippen MR) is 55.2 cm³/mol. The van der Waals surface area contributed by atoms with Gasteiger partial charge < -0.3 is 10.1 Å². The van der Waals surface area contributed by atoms with Gasteiger partial charge in [0.2, 0.25) is 0 Å². The molecule has 1 saturated heterocycles. The zero-order chi connectivity index (χ0) is 9.54. The van der Waals surface area contributed by atoms with Gasteiger partial charge >= 0.3 is 0 Å². The fourth-order valence-electron chi connectivity index (χ4n) is 2.57. The number of morpholine rings is 1. The van der Waals surface area contributed by atoms with Gasteiger partial charge in [-0.05, 0) is 18.1 Å². The third-order valence-electron chi connectivity index (χ3n) is 3.22. The zero-order valence-corrected chi connectivity index (χ0v) is 8.36. The minimum absolute atomic E-state index is 0.352. The fraction of sp³-hybridized carbons (Fsp3) is 0.500. The SMILES string of the molecule is CC1CNC2c3ccccc3CC2O1. The van der Waals surface area contributed by atoms with Gasteiger partial charge in [0.1, 0.15) is 0 Å². The van der Waals surface area contributed by atoms with Gasteiger partial charge in [-0.25, -0.2) is 0 Å². The molecule has 1 heterocycles. The van der Waals surface area contributed by atoms with Gasteiger partial charge in [-0.1, -0.05) is 24.3 Å². The van der Waals surface area contributed by atoms with Crippen LogP contribution in [0.4, 0.5) is 0 Å². The van der Waals surface area contributed by atoms with E-state index >= 15 is 0 Å². The van der Waals surface area contributed by atoms with Crippen molar-refractivity contribution in [3.63, 3.8) is 0 Å². The van der Waals surface area contributed by atoms with Crippen LogP contribution < -0.4 is 5.32 Å². The van der Waals surface area contributed by atoms with Crippen molar-refractivity contribution in [3.05, 3.63) is 35.4 Å². The van der Waals surface area contributed by atoms with E-state index in [0.29, 0.717) is 18.2 Å². The van der Waals surface area contributed by atoms with Gasteiger partial charge in [0.05, 0.1) is 18.2 Å². The molecule has 2 nitrogen and oxygen atoms in total. The number of hydrogen-bond acceptors (Lipinski definition) is 2. The third-order valence-corrected chi connectivity index (χ3v) is 3.22. The lowest BCUT2D eigenvalue weighted by Gasteiger charge is -2.32. The van der Waals surface area contributed by atoms with Gasteiger partial charge in [-0.15, -0.1) is 0 Å². The largest absolute Gasteiger partial charge is 0.372 e. The number of hydrogen-bond donors (Lipinski definition) is 1. The molecular formula is C12H15NO. The van der Waals surface area contributed by atoms with Crippen molar-refractivity contribution in [1.82, 2.24) is 5.32 Å². The molecular weight excluding hydrogens is 174 g/mol. The zero-order valence-electron chi connectivity index (χ0n) is 8.36. The third kappa shape index (κ3) is 1.18. The van der Waals surface area contributed by atoms with Crippen LogP contribution in [-0.4, -0.2) is 18.8 Å². The molecule has 14 heavy (non-hydrogen) atoms. The van der Waals surface area contributed by atoms with Gasteiger partial charge in [-0.2, -0.15) is 0 Å². The second-order valence-corrected chi connectivity index (χ2v) is 4.27. The quantitative estimate of drug-likeness (QED) is 0.670. The van der Waals surface area contributed by atoms with E-state index in [1.807, 2.05) is 0 Å². The van der Waals surface area contributed by atoms with E-state index in [0.717, 1.165) is 13.0 Å². The normalized spacial score (nSPS) is 35.1. The lowest BCUT2D eigenvalue weighted by Crippen LogP contribution is -2.44. The molecule has 2 heteroatoms. The van der Waals surface area contributed by atoms with E-state index in [-0.39, 0.29) is 0 Å². The minimum atomic E-state index is 0.352. The van der Waals surface area contributed by atoms with Crippen molar-refractivity contribution < 1.29 is 4.74 Å². The topological polar surface area (TPSA) is 21.3 Å². The molecule has 1 N–H and O–H groups in total. The molecule has 0 spiro atoms. The molecule has 3 rings (SSSR count). The molecule has 3 unspecified atom stereocenters. The highest BCUT2D eigenvalue weighted by Crippen LogP contribution is 2.35. The molecule has 0 radical (unpaired) electrons. The van der Waals surface area contributed by atoms with Crippen LogP contribution in [0.1, 0.15) is 24.1 Å². The summed E-state index contributed by atoms with van der Waals surface area (Å²) in [5.41, 5.74) is 2.88. The summed E-state index contributed by atoms with van der Waals surface area (Å²) in [4.78, 5) is 0. The molecule has 1 aliphatic carbocycles. The summed E-state index contributed by atoms with van der Waals surface area (Å²) in [6.45, 7) is 3.10. The Hall–Kier alpha value is -0.860. The van der Waals surface area contributed by atoms with Crippen LogP contribution in [0.15, 0.2) is 24.3 Å². The Labute approximate surface area is 84.3 Å². The first-order valence-corrected chi connectivity index (χ1v) is 5.31. The smallest absolute Gasteiger partial charge is 0.0814 e. The summed E-state index contributed by atoms with van der Waals surface area (Å²) < 4.78 is 5.93. The van der Waals surface area contributed by atoms with Gasteiger partial charge in [-0.3, -0.25) is 0 Å². The molecule has 3 atom stereocenters. The van der Waals surface area contributed by atoms with Crippen molar-refractivity contribution >= 4 is 0 Å². The highest BCUT2D eigenvalue weighted by molar-refractivity contribution is 5.36. The Morgan fingerprint density at radius 3 is 3.14 bits per heavy atom. The molecule has 1 aliphatic heterocycles. The molecule has 0 amide bonds. The molecule has 0 saturated carbocycles. The molecule has 0 bridgehead atoms. The lowest BCUT2D eigenvalue weighted by molar-refractivity contribution is -0.0468. The van der Waals surface area contributed by atoms with Crippen molar-refractivity contribution in [2.24, 2.45) is 0 Å². The number of benzene rings is 1. The van der Waals surface area contributed by atoms with Crippen LogP contribution in [0, 0.1) is 0 Å². The second-order valence-electron chi connectivity index (χ2n) is 4.27. The number of rotatable bonds is 0. The Balaban J connectivity index is 1.94. The highest BCUT2D eigenvalue weighted by Gasteiger charge is 2.36. The highest BCUT2D eigenvalue weighted by atomic mass is 16.5. The summed E-state index contributed by atoms with van der Waals surface area (Å²) >= 11 is 0. The molecule has 1 fully saturated rings. The van der Waals surface area contributed by atoms with Crippen molar-refractivity contribution in [1.29, 1.82) is 0 Å². The molecule has 2 aliphatic rings. The Morgan fingerprint density at radius 2 is 2.21 bits per heavy atom. The average Bonchev–Trinajstić information content (AvgIpc) is 2.54. The summed E-state index contributed by atoms with van der Waals surface area (Å²) in [6.07, 6.45) is 1.78. The Bertz CT molecular complexity index is 350. The van der Waals surface area contributed by atoms with E-state index in [2.05, 4.69) is 36.5 Å². The molecule has 1 aromatic rings. The van der Waals surface area contributed by atoms with Gasteiger partial charge in [0, 0.05) is 13.0 Å². The van der Waals surface area contributed by atoms with Gasteiger partial charge in [0.15, 0.2) is 0 Å². The van der Waals surface area contributed by atoms with E-state index in [9.17, 15) is 0 Å². The van der Waals surface area contributed by atoms with Crippen molar-refractivity contribution in [2.75, 3.05) is 6.54 Å². The van der Waals surface area contributed by atoms with E-state index < -0.39 is 0 Å². The van der Waals surface area contributed by atoms with Crippen molar-refractivity contribution in [2.45, 2.75) is 31.6 Å². The summed E-state index contributed by atoms with van der Waals surface area (Å²) in [5, 5.41) is 3.56. The first kappa shape index (κ1) is 8.45. The average molecular weight is 189 g/mol. The van der Waals surface area contributed by atoms with Crippen LogP contribution in [0.2, 0.25) is 0 Å². The van der Waals surface area contributed by atoms with E-state index in [1.165, 1.54) is 11.1 Å². The fourth-order valence-corrected chi connectivity index (χ4v) is 2.57. The Morgan fingerprint density at radius 1 is 1.36 bits per heavy atom.